The number of hydrogen-bond acceptors (Lipinski definition) is 2. The highest BCUT2D eigenvalue weighted by molar-refractivity contribution is 9.09. The number of alkyl halides is 1. The standard InChI is InChI=1S/C21H14BrCl2N2O2/c22-14-3-10-19-18(11-14)20(27)26(17-8-6-16(24)7-9-17)21(28)25(19)12-13-1-4-15(23)5-2-13/h1-11,14H,12H2/q+1. The lowest BCUT2D eigenvalue weighted by Crippen LogP contribution is -2.51. The zero-order valence-electron chi connectivity index (χ0n) is 14.5. The second kappa shape index (κ2) is 7.66. The molecule has 1 aliphatic carbocycles. The Bertz CT molecular complexity index is 1060. The van der Waals surface area contributed by atoms with Crippen LogP contribution in [0.3, 0.4) is 0 Å². The van der Waals surface area contributed by atoms with Gasteiger partial charge in [-0.25, -0.2) is 4.79 Å². The maximum atomic E-state index is 13.3. The van der Waals surface area contributed by atoms with Gasteiger partial charge in [0.25, 0.3) is 0 Å². The first-order valence-electron chi connectivity index (χ1n) is 8.51. The highest BCUT2D eigenvalue weighted by atomic mass is 79.9. The van der Waals surface area contributed by atoms with E-state index in [1.807, 2.05) is 24.3 Å². The summed E-state index contributed by atoms with van der Waals surface area (Å²) in [5.41, 5.74) is 2.45. The van der Waals surface area contributed by atoms with Crippen molar-refractivity contribution < 1.29 is 14.2 Å². The van der Waals surface area contributed by atoms with Crippen LogP contribution in [-0.4, -0.2) is 27.1 Å². The van der Waals surface area contributed by atoms with Crippen molar-refractivity contribution >= 4 is 62.5 Å². The molecular weight excluding hydrogens is 463 g/mol. The molecule has 1 unspecified atom stereocenters. The largest absolute Gasteiger partial charge is 0.507 e. The number of urea groups is 1. The second-order valence-electron chi connectivity index (χ2n) is 6.38. The topological polar surface area (TPSA) is 40.4 Å². The normalized spacial score (nSPS) is 19.0. The van der Waals surface area contributed by atoms with Crippen molar-refractivity contribution in [2.75, 3.05) is 4.90 Å². The van der Waals surface area contributed by atoms with Crippen LogP contribution in [0.4, 0.5) is 10.5 Å². The minimum absolute atomic E-state index is 0.0761. The van der Waals surface area contributed by atoms with Crippen molar-refractivity contribution in [3.8, 4) is 0 Å². The fourth-order valence-electron chi connectivity index (χ4n) is 3.16. The number of halogens is 3. The number of nitrogens with zero attached hydrogens (tertiary/aromatic N) is 2. The monoisotopic (exact) mass is 475 g/mol. The first-order valence-corrected chi connectivity index (χ1v) is 10.2. The van der Waals surface area contributed by atoms with Gasteiger partial charge in [-0.05, 0) is 54.1 Å². The molecule has 3 amide bonds. The minimum atomic E-state index is -0.410. The van der Waals surface area contributed by atoms with Crippen LogP contribution in [0.5, 0.6) is 0 Å². The Hall–Kier alpha value is -2.21. The molecule has 4 nitrogen and oxygen atoms in total. The number of anilines is 1. The predicted molar refractivity (Wildman–Crippen MR) is 115 cm³/mol. The molecule has 2 aliphatic rings. The number of carbonyl (C=O) groups excluding carboxylic acids is 2. The minimum Gasteiger partial charge on any atom is -0.240 e. The van der Waals surface area contributed by atoms with E-state index in [0.717, 1.165) is 5.56 Å². The predicted octanol–water partition coefficient (Wildman–Crippen LogP) is 5.37. The first-order chi connectivity index (χ1) is 13.4. The maximum Gasteiger partial charge on any atom is 0.507 e. The molecule has 0 spiro atoms. The molecule has 0 saturated carbocycles. The number of allylic oxidation sites excluding steroid dienone is 3. The Morgan fingerprint density at radius 2 is 1.57 bits per heavy atom. The van der Waals surface area contributed by atoms with Crippen molar-refractivity contribution in [3.63, 3.8) is 0 Å². The maximum absolute atomic E-state index is 13.3. The summed E-state index contributed by atoms with van der Waals surface area (Å²) in [6.07, 6.45) is 5.51. The van der Waals surface area contributed by atoms with Crippen molar-refractivity contribution in [1.29, 1.82) is 0 Å². The summed E-state index contributed by atoms with van der Waals surface area (Å²) in [4.78, 5) is 27.5. The molecule has 0 fully saturated rings. The molecule has 2 aromatic rings. The van der Waals surface area contributed by atoms with Crippen LogP contribution >= 0.6 is 39.1 Å². The average molecular weight is 477 g/mol. The van der Waals surface area contributed by atoms with E-state index in [1.54, 1.807) is 47.0 Å². The Labute approximate surface area is 180 Å². The highest BCUT2D eigenvalue weighted by Gasteiger charge is 2.46. The van der Waals surface area contributed by atoms with E-state index in [4.69, 9.17) is 23.2 Å². The Morgan fingerprint density at radius 1 is 0.964 bits per heavy atom. The van der Waals surface area contributed by atoms with E-state index in [1.165, 1.54) is 4.90 Å². The van der Waals surface area contributed by atoms with E-state index in [0.29, 0.717) is 33.6 Å². The molecule has 2 aromatic carbocycles. The van der Waals surface area contributed by atoms with Crippen LogP contribution in [0.1, 0.15) is 5.56 Å². The molecule has 0 N–H and O–H groups in total. The lowest BCUT2D eigenvalue weighted by atomic mass is 9.99. The van der Waals surface area contributed by atoms with Crippen molar-refractivity contribution in [1.82, 2.24) is 0 Å². The van der Waals surface area contributed by atoms with Gasteiger partial charge in [0.05, 0.1) is 4.83 Å². The summed E-state index contributed by atoms with van der Waals surface area (Å²) in [5, 5.41) is 1.16. The van der Waals surface area contributed by atoms with Gasteiger partial charge in [0.15, 0.2) is 0 Å². The third-order valence-corrected chi connectivity index (χ3v) is 5.60. The molecule has 1 aliphatic heterocycles. The van der Waals surface area contributed by atoms with Gasteiger partial charge in [-0.2, -0.15) is 9.37 Å². The molecule has 1 atom stereocenters. The van der Waals surface area contributed by atoms with Crippen LogP contribution in [0.2, 0.25) is 10.0 Å². The van der Waals surface area contributed by atoms with Gasteiger partial charge in [0.1, 0.15) is 23.5 Å². The van der Waals surface area contributed by atoms with Gasteiger partial charge in [-0.3, -0.25) is 0 Å². The molecule has 140 valence electrons. The number of carbonyl (C=O) groups is 2. The smallest absolute Gasteiger partial charge is 0.240 e. The Morgan fingerprint density at radius 3 is 2.21 bits per heavy atom. The third kappa shape index (κ3) is 3.58. The van der Waals surface area contributed by atoms with Gasteiger partial charge in [0.2, 0.25) is 0 Å². The molecule has 4 rings (SSSR count). The van der Waals surface area contributed by atoms with Crippen LogP contribution in [0.25, 0.3) is 0 Å². The van der Waals surface area contributed by atoms with Crippen molar-refractivity contribution in [2.45, 2.75) is 11.4 Å². The van der Waals surface area contributed by atoms with Crippen LogP contribution in [0, 0.1) is 0 Å². The lowest BCUT2D eigenvalue weighted by Gasteiger charge is -2.25. The van der Waals surface area contributed by atoms with Crippen molar-refractivity contribution in [3.05, 3.63) is 87.9 Å². The van der Waals surface area contributed by atoms with Gasteiger partial charge in [0, 0.05) is 10.0 Å². The van der Waals surface area contributed by atoms with Gasteiger partial charge in [-0.1, -0.05) is 57.3 Å². The number of hydrogen-bond donors (Lipinski definition) is 0. The van der Waals surface area contributed by atoms with E-state index < -0.39 is 6.03 Å². The highest BCUT2D eigenvalue weighted by Crippen LogP contribution is 2.28. The van der Waals surface area contributed by atoms with E-state index >= 15 is 0 Å². The number of benzene rings is 2. The molecule has 0 saturated heterocycles. The number of amides is 3. The van der Waals surface area contributed by atoms with E-state index in [-0.39, 0.29) is 10.7 Å². The molecule has 0 radical (unpaired) electrons. The molecule has 0 bridgehead atoms. The third-order valence-electron chi connectivity index (χ3n) is 4.53. The van der Waals surface area contributed by atoms with E-state index in [2.05, 4.69) is 15.9 Å². The Balaban J connectivity index is 1.82. The van der Waals surface area contributed by atoms with Crippen LogP contribution in [-0.2, 0) is 11.3 Å². The van der Waals surface area contributed by atoms with Crippen LogP contribution in [0.15, 0.2) is 72.3 Å². The fourth-order valence-corrected chi connectivity index (χ4v) is 3.83. The summed E-state index contributed by atoms with van der Waals surface area (Å²) in [7, 11) is 0. The SMILES string of the molecule is O=C1C2=CC(Br)C=CC2=[N+](Cc2ccc(Cl)cc2)C(=O)N1c1ccc(Cl)cc1. The second-order valence-corrected chi connectivity index (χ2v) is 8.31. The molecule has 28 heavy (non-hydrogen) atoms. The summed E-state index contributed by atoms with van der Waals surface area (Å²) >= 11 is 15.4. The van der Waals surface area contributed by atoms with Gasteiger partial charge in [-0.15, -0.1) is 4.90 Å². The lowest BCUT2D eigenvalue weighted by molar-refractivity contribution is -0.442. The number of rotatable bonds is 3. The molecule has 0 aromatic heterocycles. The summed E-state index contributed by atoms with van der Waals surface area (Å²) in [6, 6.07) is 13.5. The quantitative estimate of drug-likeness (QED) is 0.441. The molecule has 1 heterocycles. The molecule has 7 heteroatoms. The zero-order valence-corrected chi connectivity index (χ0v) is 17.6. The molecular formula is C21H14BrCl2N2O2+. The average Bonchev–Trinajstić information content (AvgIpc) is 2.68. The number of fused-ring (bicyclic) bond motifs is 1. The summed E-state index contributed by atoms with van der Waals surface area (Å²) in [5.74, 6) is -0.358. The van der Waals surface area contributed by atoms with Gasteiger partial charge < -0.3 is 0 Å². The zero-order chi connectivity index (χ0) is 19.8. The summed E-state index contributed by atoms with van der Waals surface area (Å²) in [6.45, 7) is 0.317. The van der Waals surface area contributed by atoms with Crippen molar-refractivity contribution in [2.24, 2.45) is 0 Å². The first kappa shape index (κ1) is 19.1. The van der Waals surface area contributed by atoms with Gasteiger partial charge >= 0.3 is 11.9 Å². The number of imide groups is 1. The Kier molecular flexibility index (Phi) is 5.23. The van der Waals surface area contributed by atoms with Crippen LogP contribution < -0.4 is 4.90 Å². The fraction of sp³-hybridized carbons (Fsp3) is 0.0952. The summed E-state index contributed by atoms with van der Waals surface area (Å²) < 4.78 is 1.60. The van der Waals surface area contributed by atoms with E-state index in [9.17, 15) is 9.59 Å².